The van der Waals surface area contributed by atoms with Crippen molar-refractivity contribution in [3.63, 3.8) is 0 Å². The van der Waals surface area contributed by atoms with Crippen molar-refractivity contribution in [2.45, 2.75) is 44.4 Å². The van der Waals surface area contributed by atoms with Crippen LogP contribution >= 0.6 is 0 Å². The fraction of sp³-hybridized carbons (Fsp3) is 0.269. The Morgan fingerprint density at radius 3 is 2.19 bits per heavy atom. The van der Waals surface area contributed by atoms with Crippen molar-refractivity contribution in [2.24, 2.45) is 0 Å². The highest BCUT2D eigenvalue weighted by atomic mass is 32.2. The van der Waals surface area contributed by atoms with Crippen LogP contribution in [0.25, 0.3) is 0 Å². The average molecular weight is 452 g/mol. The monoisotopic (exact) mass is 451 g/mol. The molecule has 3 aromatic rings. The molecule has 1 N–H and O–H groups in total. The largest absolute Gasteiger partial charge is 0.478 e. The number of unbranched alkanes of at least 4 members (excludes halogenated alkanes) is 1. The first kappa shape index (κ1) is 23.5. The molecule has 0 amide bonds. The third-order valence-corrected chi connectivity index (χ3v) is 7.30. The van der Waals surface area contributed by atoms with Crippen LogP contribution in [0.5, 0.6) is 0 Å². The van der Waals surface area contributed by atoms with E-state index in [1.807, 2.05) is 62.4 Å². The summed E-state index contributed by atoms with van der Waals surface area (Å²) >= 11 is 0. The van der Waals surface area contributed by atoms with E-state index in [9.17, 15) is 13.2 Å². The maximum Gasteiger partial charge on any atom is 0.335 e. The molecule has 0 aliphatic heterocycles. The molecule has 5 nitrogen and oxygen atoms in total. The predicted octanol–water partition coefficient (Wildman–Crippen LogP) is 5.47. The fourth-order valence-corrected chi connectivity index (χ4v) is 5.11. The lowest BCUT2D eigenvalue weighted by molar-refractivity contribution is 0.0697. The van der Waals surface area contributed by atoms with Gasteiger partial charge in [0.25, 0.3) is 10.0 Å². The van der Waals surface area contributed by atoms with E-state index < -0.39 is 16.0 Å². The lowest BCUT2D eigenvalue weighted by Crippen LogP contribution is -2.33. The summed E-state index contributed by atoms with van der Waals surface area (Å²) in [6.07, 6.45) is 2.98. The molecule has 0 aliphatic carbocycles. The minimum atomic E-state index is -3.70. The first-order chi connectivity index (χ1) is 15.3. The van der Waals surface area contributed by atoms with Crippen LogP contribution < -0.4 is 4.31 Å². The van der Waals surface area contributed by atoms with E-state index in [2.05, 4.69) is 0 Å². The zero-order valence-corrected chi connectivity index (χ0v) is 19.3. The van der Waals surface area contributed by atoms with E-state index in [4.69, 9.17) is 5.11 Å². The minimum Gasteiger partial charge on any atom is -0.478 e. The van der Waals surface area contributed by atoms with E-state index in [0.717, 1.165) is 29.5 Å². The van der Waals surface area contributed by atoms with Gasteiger partial charge in [-0.25, -0.2) is 13.2 Å². The van der Waals surface area contributed by atoms with Gasteiger partial charge in [-0.05, 0) is 67.6 Å². The standard InChI is InChI=1S/C26H29NO4S/c1-3-4-19-27(32(30,31)24-17-9-20(2)10-18-24)25-8-6-5-7-22(25)14-11-21-12-15-23(16-13-21)26(28)29/h5-10,12-13,15-18H,3-4,11,14,19H2,1-2H3,(H,28,29). The molecule has 32 heavy (non-hydrogen) atoms. The minimum absolute atomic E-state index is 0.254. The Morgan fingerprint density at radius 2 is 1.56 bits per heavy atom. The highest BCUT2D eigenvalue weighted by Gasteiger charge is 2.26. The second kappa shape index (κ2) is 10.5. The average Bonchev–Trinajstić information content (AvgIpc) is 2.79. The van der Waals surface area contributed by atoms with Crippen LogP contribution in [-0.4, -0.2) is 26.0 Å². The van der Waals surface area contributed by atoms with Gasteiger partial charge in [-0.2, -0.15) is 0 Å². The van der Waals surface area contributed by atoms with Crippen LogP contribution in [0.3, 0.4) is 0 Å². The molecule has 0 saturated heterocycles. The number of carboxylic acid groups (broad SMARTS) is 1. The number of hydrogen-bond acceptors (Lipinski definition) is 3. The van der Waals surface area contributed by atoms with Crippen LogP contribution in [0.2, 0.25) is 0 Å². The Labute approximate surface area is 190 Å². The number of rotatable bonds is 10. The maximum absolute atomic E-state index is 13.5. The summed E-state index contributed by atoms with van der Waals surface area (Å²) < 4.78 is 28.6. The lowest BCUT2D eigenvalue weighted by atomic mass is 10.0. The third kappa shape index (κ3) is 5.56. The molecule has 0 spiro atoms. The van der Waals surface area contributed by atoms with Crippen LogP contribution in [0.1, 0.15) is 46.8 Å². The number of carbonyl (C=O) groups is 1. The van der Waals surface area contributed by atoms with Gasteiger partial charge < -0.3 is 5.11 Å². The second-order valence-electron chi connectivity index (χ2n) is 7.87. The number of carboxylic acids is 1. The number of nitrogens with zero attached hydrogens (tertiary/aromatic N) is 1. The number of anilines is 1. The summed E-state index contributed by atoms with van der Waals surface area (Å²) in [6.45, 7) is 4.39. The van der Waals surface area contributed by atoms with Gasteiger partial charge in [-0.1, -0.05) is 61.4 Å². The van der Waals surface area contributed by atoms with E-state index in [1.54, 1.807) is 24.3 Å². The molecule has 0 saturated carbocycles. The summed E-state index contributed by atoms with van der Waals surface area (Å²) in [7, 11) is -3.70. The highest BCUT2D eigenvalue weighted by molar-refractivity contribution is 7.92. The molecular weight excluding hydrogens is 422 g/mol. The van der Waals surface area contributed by atoms with Crippen molar-refractivity contribution >= 4 is 21.7 Å². The van der Waals surface area contributed by atoms with Gasteiger partial charge in [0.05, 0.1) is 16.1 Å². The molecule has 0 aromatic heterocycles. The van der Waals surface area contributed by atoms with Crippen LogP contribution in [-0.2, 0) is 22.9 Å². The summed E-state index contributed by atoms with van der Waals surface area (Å²) in [4.78, 5) is 11.4. The summed E-state index contributed by atoms with van der Waals surface area (Å²) in [6, 6.07) is 21.4. The summed E-state index contributed by atoms with van der Waals surface area (Å²) in [5.41, 5.74) is 3.92. The Hall–Kier alpha value is -3.12. The Morgan fingerprint density at radius 1 is 0.906 bits per heavy atom. The van der Waals surface area contributed by atoms with Gasteiger partial charge in [0.15, 0.2) is 0 Å². The highest BCUT2D eigenvalue weighted by Crippen LogP contribution is 2.29. The number of benzene rings is 3. The van der Waals surface area contributed by atoms with Gasteiger partial charge in [-0.3, -0.25) is 4.31 Å². The smallest absolute Gasteiger partial charge is 0.335 e. The number of aromatic carboxylic acids is 1. The number of aryl methyl sites for hydroxylation is 3. The topological polar surface area (TPSA) is 74.7 Å². The van der Waals surface area contributed by atoms with E-state index in [0.29, 0.717) is 30.0 Å². The SMILES string of the molecule is CCCCN(c1ccccc1CCc1ccc(C(=O)O)cc1)S(=O)(=O)c1ccc(C)cc1. The molecule has 0 aliphatic rings. The van der Waals surface area contributed by atoms with E-state index >= 15 is 0 Å². The molecule has 0 atom stereocenters. The summed E-state index contributed by atoms with van der Waals surface area (Å²) in [5, 5.41) is 9.07. The van der Waals surface area contributed by atoms with Gasteiger partial charge in [0.2, 0.25) is 0 Å². The molecule has 0 radical (unpaired) electrons. The molecule has 0 fully saturated rings. The Kier molecular flexibility index (Phi) is 7.70. The van der Waals surface area contributed by atoms with E-state index in [-0.39, 0.29) is 5.56 Å². The molecule has 0 unspecified atom stereocenters. The number of hydrogen-bond donors (Lipinski definition) is 1. The molecular formula is C26H29NO4S. The lowest BCUT2D eigenvalue weighted by Gasteiger charge is -2.27. The molecule has 6 heteroatoms. The maximum atomic E-state index is 13.5. The number of para-hydroxylation sites is 1. The van der Waals surface area contributed by atoms with E-state index in [1.165, 1.54) is 4.31 Å². The third-order valence-electron chi connectivity index (χ3n) is 5.47. The Bertz CT molecular complexity index is 1150. The van der Waals surface area contributed by atoms with Crippen molar-refractivity contribution in [1.82, 2.24) is 0 Å². The first-order valence-electron chi connectivity index (χ1n) is 10.8. The van der Waals surface area contributed by atoms with Crippen LogP contribution in [0.15, 0.2) is 77.7 Å². The van der Waals surface area contributed by atoms with Crippen molar-refractivity contribution in [3.05, 3.63) is 95.1 Å². The van der Waals surface area contributed by atoms with Crippen molar-refractivity contribution in [2.75, 3.05) is 10.8 Å². The zero-order valence-electron chi connectivity index (χ0n) is 18.5. The normalized spacial score (nSPS) is 11.3. The molecule has 0 bridgehead atoms. The molecule has 3 rings (SSSR count). The zero-order chi connectivity index (χ0) is 23.1. The molecule has 0 heterocycles. The van der Waals surface area contributed by atoms with Crippen LogP contribution in [0, 0.1) is 6.92 Å². The van der Waals surface area contributed by atoms with Gasteiger partial charge in [0, 0.05) is 6.54 Å². The first-order valence-corrected chi connectivity index (χ1v) is 12.3. The Balaban J connectivity index is 1.91. The molecule has 168 valence electrons. The molecule has 3 aromatic carbocycles. The van der Waals surface area contributed by atoms with Crippen molar-refractivity contribution in [1.29, 1.82) is 0 Å². The van der Waals surface area contributed by atoms with Crippen LogP contribution in [0.4, 0.5) is 5.69 Å². The van der Waals surface area contributed by atoms with Crippen molar-refractivity contribution in [3.8, 4) is 0 Å². The quantitative estimate of drug-likeness (QED) is 0.443. The second-order valence-corrected chi connectivity index (χ2v) is 9.74. The van der Waals surface area contributed by atoms with Gasteiger partial charge >= 0.3 is 5.97 Å². The fourth-order valence-electron chi connectivity index (χ4n) is 3.57. The number of sulfonamides is 1. The predicted molar refractivity (Wildman–Crippen MR) is 128 cm³/mol. The van der Waals surface area contributed by atoms with Crippen molar-refractivity contribution < 1.29 is 18.3 Å². The van der Waals surface area contributed by atoms with Gasteiger partial charge in [0.1, 0.15) is 0 Å². The summed E-state index contributed by atoms with van der Waals surface area (Å²) in [5.74, 6) is -0.949. The van der Waals surface area contributed by atoms with Gasteiger partial charge in [-0.15, -0.1) is 0 Å².